The lowest BCUT2D eigenvalue weighted by Crippen LogP contribution is -2.38. The molecular formula is C30H25ClN2O. The number of aromatic nitrogens is 2. The molecule has 1 atom stereocenters. The Kier molecular flexibility index (Phi) is 6.31. The third-order valence-electron chi connectivity index (χ3n) is 6.26. The van der Waals surface area contributed by atoms with E-state index in [9.17, 15) is 5.11 Å². The van der Waals surface area contributed by atoms with Gasteiger partial charge in [0.2, 0.25) is 0 Å². The number of hydrogen-bond donors (Lipinski definition) is 1. The van der Waals surface area contributed by atoms with Crippen molar-refractivity contribution in [2.75, 3.05) is 0 Å². The Labute approximate surface area is 204 Å². The van der Waals surface area contributed by atoms with E-state index >= 15 is 0 Å². The molecule has 1 N–H and O–H groups in total. The van der Waals surface area contributed by atoms with Gasteiger partial charge in [-0.3, -0.25) is 0 Å². The van der Waals surface area contributed by atoms with Crippen LogP contribution < -0.4 is 0 Å². The second-order valence-electron chi connectivity index (χ2n) is 8.30. The predicted octanol–water partition coefficient (Wildman–Crippen LogP) is 6.65. The van der Waals surface area contributed by atoms with Gasteiger partial charge in [0, 0.05) is 23.8 Å². The lowest BCUT2D eigenvalue weighted by atomic mass is 9.76. The van der Waals surface area contributed by atoms with Gasteiger partial charge in [-0.2, -0.15) is 0 Å². The molecule has 0 aliphatic rings. The van der Waals surface area contributed by atoms with E-state index in [0.717, 1.165) is 28.1 Å². The molecule has 0 saturated carbocycles. The minimum absolute atomic E-state index is 0.349. The molecule has 0 amide bonds. The second kappa shape index (κ2) is 9.68. The number of nitrogens with zero attached hydrogens (tertiary/aromatic N) is 2. The van der Waals surface area contributed by atoms with Crippen molar-refractivity contribution in [2.24, 2.45) is 0 Å². The number of aliphatic hydroxyl groups excluding tert-OH is 1. The molecule has 0 fully saturated rings. The molecule has 0 aliphatic carbocycles. The van der Waals surface area contributed by atoms with Gasteiger partial charge in [-0.05, 0) is 34.4 Å². The van der Waals surface area contributed by atoms with Gasteiger partial charge < -0.3 is 9.67 Å². The van der Waals surface area contributed by atoms with Crippen LogP contribution in [0.3, 0.4) is 0 Å². The van der Waals surface area contributed by atoms with Crippen molar-refractivity contribution in [1.82, 2.24) is 9.55 Å². The zero-order chi connectivity index (χ0) is 23.4. The molecule has 0 aliphatic heterocycles. The molecule has 4 heteroatoms. The Morgan fingerprint density at radius 3 is 1.76 bits per heavy atom. The van der Waals surface area contributed by atoms with E-state index in [1.54, 1.807) is 6.07 Å². The van der Waals surface area contributed by atoms with Gasteiger partial charge in [-0.15, -0.1) is 0 Å². The highest BCUT2D eigenvalue weighted by Crippen LogP contribution is 2.41. The standard InChI is InChI=1S/C30H25ClN2O/c31-27-18-10-11-23(21-27)28(34)22-29-32-19-20-33(29)30(24-12-4-1-5-13-24,25-14-6-2-7-15-25)26-16-8-3-9-17-26/h1-21,28,34H,22H2. The van der Waals surface area contributed by atoms with Crippen LogP contribution in [-0.4, -0.2) is 14.7 Å². The van der Waals surface area contributed by atoms with Crippen LogP contribution >= 0.6 is 11.6 Å². The van der Waals surface area contributed by atoms with Gasteiger partial charge in [-0.25, -0.2) is 4.98 Å². The average Bonchev–Trinajstić information content (AvgIpc) is 3.35. The molecule has 1 aromatic heterocycles. The molecule has 1 unspecified atom stereocenters. The molecule has 168 valence electrons. The van der Waals surface area contributed by atoms with Crippen molar-refractivity contribution in [3.8, 4) is 0 Å². The van der Waals surface area contributed by atoms with Crippen molar-refractivity contribution < 1.29 is 5.11 Å². The summed E-state index contributed by atoms with van der Waals surface area (Å²) in [7, 11) is 0. The Bertz CT molecular complexity index is 1250. The summed E-state index contributed by atoms with van der Waals surface area (Å²) in [5.74, 6) is 0.782. The van der Waals surface area contributed by atoms with E-state index in [2.05, 4.69) is 77.4 Å². The van der Waals surface area contributed by atoms with E-state index in [1.165, 1.54) is 0 Å². The number of benzene rings is 4. The number of imidazole rings is 1. The van der Waals surface area contributed by atoms with Crippen LogP contribution in [0.1, 0.15) is 34.2 Å². The normalized spacial score (nSPS) is 12.4. The summed E-state index contributed by atoms with van der Waals surface area (Å²) < 4.78 is 2.20. The van der Waals surface area contributed by atoms with E-state index in [1.807, 2.05) is 48.8 Å². The molecule has 1 heterocycles. The average molecular weight is 465 g/mol. The Morgan fingerprint density at radius 2 is 1.26 bits per heavy atom. The maximum Gasteiger partial charge on any atom is 0.121 e. The highest BCUT2D eigenvalue weighted by Gasteiger charge is 2.39. The van der Waals surface area contributed by atoms with Crippen LogP contribution in [0, 0.1) is 0 Å². The van der Waals surface area contributed by atoms with Crippen molar-refractivity contribution in [2.45, 2.75) is 18.1 Å². The zero-order valence-electron chi connectivity index (χ0n) is 18.6. The van der Waals surface area contributed by atoms with Gasteiger partial charge in [-0.1, -0.05) is 115 Å². The summed E-state index contributed by atoms with van der Waals surface area (Å²) >= 11 is 6.18. The van der Waals surface area contributed by atoms with Gasteiger partial charge in [0.1, 0.15) is 11.4 Å². The first-order valence-corrected chi connectivity index (χ1v) is 11.7. The van der Waals surface area contributed by atoms with Crippen LogP contribution in [0.4, 0.5) is 0 Å². The molecule has 34 heavy (non-hydrogen) atoms. The summed E-state index contributed by atoms with van der Waals surface area (Å²) in [5, 5.41) is 11.7. The van der Waals surface area contributed by atoms with E-state index < -0.39 is 11.6 Å². The minimum atomic E-state index is -0.736. The number of halogens is 1. The van der Waals surface area contributed by atoms with Crippen molar-refractivity contribution in [3.63, 3.8) is 0 Å². The van der Waals surface area contributed by atoms with Crippen molar-refractivity contribution >= 4 is 11.6 Å². The predicted molar refractivity (Wildman–Crippen MR) is 137 cm³/mol. The molecule has 0 bridgehead atoms. The molecular weight excluding hydrogens is 440 g/mol. The maximum absolute atomic E-state index is 11.1. The van der Waals surface area contributed by atoms with Crippen LogP contribution in [0.15, 0.2) is 128 Å². The largest absolute Gasteiger partial charge is 0.388 e. The van der Waals surface area contributed by atoms with E-state index in [4.69, 9.17) is 16.6 Å². The first kappa shape index (κ1) is 22.1. The Morgan fingerprint density at radius 1 is 0.735 bits per heavy atom. The first-order chi connectivity index (χ1) is 16.7. The zero-order valence-corrected chi connectivity index (χ0v) is 19.4. The van der Waals surface area contributed by atoms with Crippen molar-refractivity contribution in [1.29, 1.82) is 0 Å². The van der Waals surface area contributed by atoms with Crippen LogP contribution in [0.25, 0.3) is 0 Å². The van der Waals surface area contributed by atoms with Crippen molar-refractivity contribution in [3.05, 3.63) is 161 Å². The van der Waals surface area contributed by atoms with Crippen LogP contribution in [0.2, 0.25) is 5.02 Å². The van der Waals surface area contributed by atoms with E-state index in [0.29, 0.717) is 11.4 Å². The molecule has 0 radical (unpaired) electrons. The third kappa shape index (κ3) is 4.05. The molecule has 3 nitrogen and oxygen atoms in total. The SMILES string of the molecule is OC(Cc1nccn1C(c1ccccc1)(c1ccccc1)c1ccccc1)c1cccc(Cl)c1. The fourth-order valence-electron chi connectivity index (χ4n) is 4.75. The molecule has 5 rings (SSSR count). The van der Waals surface area contributed by atoms with Crippen LogP contribution in [0.5, 0.6) is 0 Å². The monoisotopic (exact) mass is 464 g/mol. The second-order valence-corrected chi connectivity index (χ2v) is 8.73. The maximum atomic E-state index is 11.1. The summed E-state index contributed by atoms with van der Waals surface area (Å²) in [4.78, 5) is 4.72. The fourth-order valence-corrected chi connectivity index (χ4v) is 4.95. The fraction of sp³-hybridized carbons (Fsp3) is 0.100. The van der Waals surface area contributed by atoms with Gasteiger partial charge in [0.15, 0.2) is 0 Å². The van der Waals surface area contributed by atoms with Crippen LogP contribution in [-0.2, 0) is 12.0 Å². The Hall–Kier alpha value is -3.66. The van der Waals surface area contributed by atoms with Gasteiger partial charge in [0.25, 0.3) is 0 Å². The smallest absolute Gasteiger partial charge is 0.121 e. The van der Waals surface area contributed by atoms with Gasteiger partial charge >= 0.3 is 0 Å². The minimum Gasteiger partial charge on any atom is -0.388 e. The summed E-state index contributed by atoms with van der Waals surface area (Å²) in [6.45, 7) is 0. The third-order valence-corrected chi connectivity index (χ3v) is 6.50. The number of aliphatic hydroxyl groups is 1. The Balaban J connectivity index is 1.73. The number of rotatable bonds is 7. The molecule has 5 aromatic rings. The lowest BCUT2D eigenvalue weighted by molar-refractivity contribution is 0.173. The number of hydrogen-bond acceptors (Lipinski definition) is 2. The molecule has 4 aromatic carbocycles. The van der Waals surface area contributed by atoms with E-state index in [-0.39, 0.29) is 0 Å². The summed E-state index contributed by atoms with van der Waals surface area (Å²) in [6, 6.07) is 38.7. The lowest BCUT2D eigenvalue weighted by Gasteiger charge is -2.38. The highest BCUT2D eigenvalue weighted by molar-refractivity contribution is 6.30. The quantitative estimate of drug-likeness (QED) is 0.274. The summed E-state index contributed by atoms with van der Waals surface area (Å²) in [6.07, 6.45) is 3.43. The highest BCUT2D eigenvalue weighted by atomic mass is 35.5. The summed E-state index contributed by atoms with van der Waals surface area (Å²) in [5.41, 5.74) is 3.45. The van der Waals surface area contributed by atoms with Gasteiger partial charge in [0.05, 0.1) is 6.10 Å². The molecule has 0 spiro atoms. The molecule has 0 saturated heterocycles. The first-order valence-electron chi connectivity index (χ1n) is 11.3. The topological polar surface area (TPSA) is 38.1 Å².